The van der Waals surface area contributed by atoms with Gasteiger partial charge in [0.2, 0.25) is 0 Å². The monoisotopic (exact) mass is 268 g/mol. The number of fused-ring (bicyclic) bond motifs is 1. The van der Waals surface area contributed by atoms with Crippen molar-refractivity contribution in [2.24, 2.45) is 0 Å². The molecule has 0 unspecified atom stereocenters. The minimum absolute atomic E-state index is 0.534. The van der Waals surface area contributed by atoms with Crippen LogP contribution in [0, 0.1) is 0 Å². The van der Waals surface area contributed by atoms with E-state index in [0.29, 0.717) is 5.15 Å². The molecule has 0 aliphatic heterocycles. The Labute approximate surface area is 117 Å². The maximum atomic E-state index is 6.30. The number of hydrogen-bond acceptors (Lipinski definition) is 2. The quantitative estimate of drug-likeness (QED) is 0.687. The fourth-order valence-electron chi connectivity index (χ4n) is 2.14. The molecule has 0 bridgehead atoms. The Kier molecular flexibility index (Phi) is 3.10. The first-order chi connectivity index (χ1) is 9.28. The maximum Gasteiger partial charge on any atom is 0.137 e. The Hall–Kier alpha value is -2.06. The normalized spacial score (nSPS) is 10.6. The van der Waals surface area contributed by atoms with Gasteiger partial charge in [0.15, 0.2) is 0 Å². The minimum atomic E-state index is 0.534. The second-order valence-corrected chi connectivity index (χ2v) is 4.71. The van der Waals surface area contributed by atoms with Crippen molar-refractivity contribution in [1.29, 1.82) is 0 Å². The largest absolute Gasteiger partial charge is 0.388 e. The highest BCUT2D eigenvalue weighted by molar-refractivity contribution is 6.32. The summed E-state index contributed by atoms with van der Waals surface area (Å²) in [6, 6.07) is 18.2. The first kappa shape index (κ1) is 12.0. The van der Waals surface area contributed by atoms with Crippen molar-refractivity contribution >= 4 is 28.2 Å². The molecule has 0 saturated heterocycles. The van der Waals surface area contributed by atoms with Crippen LogP contribution in [-0.4, -0.2) is 12.0 Å². The Morgan fingerprint density at radius 3 is 2.68 bits per heavy atom. The van der Waals surface area contributed by atoms with E-state index >= 15 is 0 Å². The van der Waals surface area contributed by atoms with E-state index in [1.165, 1.54) is 0 Å². The fraction of sp³-hybridized carbons (Fsp3) is 0.0625. The SMILES string of the molecule is CNc1cccc(-c2cc3ccccc3nc2Cl)c1. The standard InChI is InChI=1S/C16H13ClN2/c1-18-13-7-4-6-11(9-13)14-10-12-5-2-3-8-15(12)19-16(14)17/h2-10,18H,1H3. The summed E-state index contributed by atoms with van der Waals surface area (Å²) in [7, 11) is 1.90. The summed E-state index contributed by atoms with van der Waals surface area (Å²) in [6.07, 6.45) is 0. The van der Waals surface area contributed by atoms with E-state index in [4.69, 9.17) is 11.6 Å². The molecule has 3 aromatic rings. The molecule has 0 aliphatic carbocycles. The second kappa shape index (κ2) is 4.90. The summed E-state index contributed by atoms with van der Waals surface area (Å²) < 4.78 is 0. The molecular formula is C16H13ClN2. The molecule has 2 nitrogen and oxygen atoms in total. The van der Waals surface area contributed by atoms with Crippen LogP contribution in [0.4, 0.5) is 5.69 Å². The average Bonchev–Trinajstić information content (AvgIpc) is 2.46. The van der Waals surface area contributed by atoms with E-state index in [2.05, 4.69) is 22.4 Å². The number of benzene rings is 2. The summed E-state index contributed by atoms with van der Waals surface area (Å²) in [5.74, 6) is 0. The predicted octanol–water partition coefficient (Wildman–Crippen LogP) is 4.60. The lowest BCUT2D eigenvalue weighted by Crippen LogP contribution is -1.90. The average molecular weight is 269 g/mol. The molecule has 0 spiro atoms. The minimum Gasteiger partial charge on any atom is -0.388 e. The van der Waals surface area contributed by atoms with E-state index in [-0.39, 0.29) is 0 Å². The zero-order chi connectivity index (χ0) is 13.2. The highest BCUT2D eigenvalue weighted by atomic mass is 35.5. The van der Waals surface area contributed by atoms with Gasteiger partial charge in [-0.15, -0.1) is 0 Å². The van der Waals surface area contributed by atoms with Gasteiger partial charge in [0.05, 0.1) is 5.52 Å². The summed E-state index contributed by atoms with van der Waals surface area (Å²) >= 11 is 6.30. The number of hydrogen-bond donors (Lipinski definition) is 1. The highest BCUT2D eigenvalue weighted by Gasteiger charge is 2.07. The van der Waals surface area contributed by atoms with Crippen LogP contribution >= 0.6 is 11.6 Å². The zero-order valence-electron chi connectivity index (χ0n) is 10.5. The molecule has 19 heavy (non-hydrogen) atoms. The Morgan fingerprint density at radius 1 is 1.00 bits per heavy atom. The molecule has 1 N–H and O–H groups in total. The van der Waals surface area contributed by atoms with Crippen LogP contribution < -0.4 is 5.32 Å². The molecule has 0 amide bonds. The predicted molar refractivity (Wildman–Crippen MR) is 81.7 cm³/mol. The number of aromatic nitrogens is 1. The van der Waals surface area contributed by atoms with Crippen LogP contribution in [0.2, 0.25) is 5.15 Å². The highest BCUT2D eigenvalue weighted by Crippen LogP contribution is 2.31. The van der Waals surface area contributed by atoms with Gasteiger partial charge in [0.25, 0.3) is 0 Å². The number of halogens is 1. The van der Waals surface area contributed by atoms with Gasteiger partial charge in [-0.1, -0.05) is 41.9 Å². The van der Waals surface area contributed by atoms with Gasteiger partial charge < -0.3 is 5.32 Å². The summed E-state index contributed by atoms with van der Waals surface area (Å²) in [6.45, 7) is 0. The Balaban J connectivity index is 2.20. The molecule has 0 aliphatic rings. The van der Waals surface area contributed by atoms with Crippen molar-refractivity contribution < 1.29 is 0 Å². The van der Waals surface area contributed by atoms with E-state index < -0.39 is 0 Å². The molecule has 3 rings (SSSR count). The molecule has 94 valence electrons. The summed E-state index contributed by atoms with van der Waals surface area (Å²) in [5.41, 5.74) is 4.00. The molecule has 0 saturated carbocycles. The molecular weight excluding hydrogens is 256 g/mol. The smallest absolute Gasteiger partial charge is 0.137 e. The van der Waals surface area contributed by atoms with Crippen molar-refractivity contribution in [3.05, 3.63) is 59.8 Å². The van der Waals surface area contributed by atoms with Crippen LogP contribution in [0.3, 0.4) is 0 Å². The third-order valence-electron chi connectivity index (χ3n) is 3.14. The molecule has 1 heterocycles. The van der Waals surface area contributed by atoms with Gasteiger partial charge in [-0.05, 0) is 29.8 Å². The number of nitrogens with one attached hydrogen (secondary N) is 1. The van der Waals surface area contributed by atoms with Crippen LogP contribution in [0.25, 0.3) is 22.0 Å². The number of nitrogens with zero attached hydrogens (tertiary/aromatic N) is 1. The number of para-hydroxylation sites is 1. The molecule has 1 aromatic heterocycles. The fourth-order valence-corrected chi connectivity index (χ4v) is 2.39. The van der Waals surface area contributed by atoms with Crippen LogP contribution in [0.1, 0.15) is 0 Å². The van der Waals surface area contributed by atoms with Crippen molar-refractivity contribution in [2.75, 3.05) is 12.4 Å². The van der Waals surface area contributed by atoms with E-state index in [1.807, 2.05) is 49.5 Å². The van der Waals surface area contributed by atoms with Crippen LogP contribution in [0.15, 0.2) is 54.6 Å². The first-order valence-corrected chi connectivity index (χ1v) is 6.49. The Bertz CT molecular complexity index is 738. The van der Waals surface area contributed by atoms with Crippen molar-refractivity contribution in [2.45, 2.75) is 0 Å². The second-order valence-electron chi connectivity index (χ2n) is 4.35. The molecule has 2 aromatic carbocycles. The van der Waals surface area contributed by atoms with Gasteiger partial charge >= 0.3 is 0 Å². The van der Waals surface area contributed by atoms with Gasteiger partial charge in [-0.3, -0.25) is 0 Å². The molecule has 0 radical (unpaired) electrons. The number of pyridine rings is 1. The summed E-state index contributed by atoms with van der Waals surface area (Å²) in [5, 5.41) is 4.76. The maximum absolute atomic E-state index is 6.30. The summed E-state index contributed by atoms with van der Waals surface area (Å²) in [4.78, 5) is 4.45. The van der Waals surface area contributed by atoms with Crippen molar-refractivity contribution in [3.8, 4) is 11.1 Å². The lowest BCUT2D eigenvalue weighted by molar-refractivity contribution is 1.40. The van der Waals surface area contributed by atoms with Gasteiger partial charge in [-0.25, -0.2) is 4.98 Å². The zero-order valence-corrected chi connectivity index (χ0v) is 11.3. The third-order valence-corrected chi connectivity index (χ3v) is 3.43. The molecule has 0 atom stereocenters. The van der Waals surface area contributed by atoms with E-state index in [1.54, 1.807) is 0 Å². The van der Waals surface area contributed by atoms with Gasteiger partial charge in [0.1, 0.15) is 5.15 Å². The lowest BCUT2D eigenvalue weighted by Gasteiger charge is -2.08. The topological polar surface area (TPSA) is 24.9 Å². The number of anilines is 1. The Morgan fingerprint density at radius 2 is 1.84 bits per heavy atom. The van der Waals surface area contributed by atoms with Crippen molar-refractivity contribution in [1.82, 2.24) is 4.98 Å². The van der Waals surface area contributed by atoms with Gasteiger partial charge in [0, 0.05) is 23.7 Å². The van der Waals surface area contributed by atoms with Crippen LogP contribution in [-0.2, 0) is 0 Å². The van der Waals surface area contributed by atoms with E-state index in [0.717, 1.165) is 27.7 Å². The molecule has 0 fully saturated rings. The number of rotatable bonds is 2. The van der Waals surface area contributed by atoms with E-state index in [9.17, 15) is 0 Å². The van der Waals surface area contributed by atoms with Crippen molar-refractivity contribution in [3.63, 3.8) is 0 Å². The first-order valence-electron chi connectivity index (χ1n) is 6.11. The lowest BCUT2D eigenvalue weighted by atomic mass is 10.0. The van der Waals surface area contributed by atoms with Gasteiger partial charge in [-0.2, -0.15) is 0 Å². The molecule has 3 heteroatoms. The third kappa shape index (κ3) is 2.27. The van der Waals surface area contributed by atoms with Crippen LogP contribution in [0.5, 0.6) is 0 Å².